The molecule has 22 heavy (non-hydrogen) atoms. The maximum atomic E-state index is 12.2. The number of thioether (sulfide) groups is 1. The molecule has 2 rings (SSSR count). The van der Waals surface area contributed by atoms with Crippen LogP contribution in [0.25, 0.3) is 0 Å². The van der Waals surface area contributed by atoms with E-state index in [1.54, 1.807) is 6.92 Å². The number of amides is 1. The number of anilines is 1. The van der Waals surface area contributed by atoms with E-state index in [1.807, 2.05) is 31.2 Å². The summed E-state index contributed by atoms with van der Waals surface area (Å²) < 4.78 is 0.950. The summed E-state index contributed by atoms with van der Waals surface area (Å²) in [5.74, 6) is -0.142. The lowest BCUT2D eigenvalue weighted by Gasteiger charge is -2.11. The second-order valence-electron chi connectivity index (χ2n) is 4.65. The standard InChI is InChI=1S/C15H16BrN3O2S/c1-3-11-8-13(20)19-15(18-11)22-9(2)14(21)17-12-6-4-10(16)5-7-12/h4-9H,3H2,1-2H3,(H,17,21)(H,18,19,20). The van der Waals surface area contributed by atoms with Crippen LogP contribution in [0.15, 0.2) is 44.8 Å². The van der Waals surface area contributed by atoms with Crippen molar-refractivity contribution >= 4 is 39.3 Å². The van der Waals surface area contributed by atoms with E-state index in [9.17, 15) is 9.59 Å². The van der Waals surface area contributed by atoms with Gasteiger partial charge in [-0.25, -0.2) is 4.98 Å². The van der Waals surface area contributed by atoms with E-state index < -0.39 is 0 Å². The van der Waals surface area contributed by atoms with Gasteiger partial charge in [0.2, 0.25) is 5.91 Å². The summed E-state index contributed by atoms with van der Waals surface area (Å²) in [5, 5.41) is 2.92. The van der Waals surface area contributed by atoms with Gasteiger partial charge in [0.15, 0.2) is 5.16 Å². The highest BCUT2D eigenvalue weighted by molar-refractivity contribution is 9.10. The zero-order chi connectivity index (χ0) is 16.1. The molecule has 0 saturated carbocycles. The van der Waals surface area contributed by atoms with Crippen LogP contribution in [0.1, 0.15) is 19.5 Å². The topological polar surface area (TPSA) is 74.8 Å². The molecule has 116 valence electrons. The summed E-state index contributed by atoms with van der Waals surface area (Å²) >= 11 is 4.58. The van der Waals surface area contributed by atoms with Gasteiger partial charge in [-0.05, 0) is 37.6 Å². The van der Waals surface area contributed by atoms with Gasteiger partial charge in [0.1, 0.15) is 0 Å². The van der Waals surface area contributed by atoms with Gasteiger partial charge in [-0.2, -0.15) is 0 Å². The summed E-state index contributed by atoms with van der Waals surface area (Å²) in [6.07, 6.45) is 0.678. The Hall–Kier alpha value is -1.60. The summed E-state index contributed by atoms with van der Waals surface area (Å²) in [7, 11) is 0. The van der Waals surface area contributed by atoms with Crippen LogP contribution < -0.4 is 10.9 Å². The fourth-order valence-corrected chi connectivity index (χ4v) is 2.81. The molecule has 1 heterocycles. The maximum absolute atomic E-state index is 12.2. The third-order valence-electron chi connectivity index (χ3n) is 2.90. The predicted molar refractivity (Wildman–Crippen MR) is 92.3 cm³/mol. The highest BCUT2D eigenvalue weighted by Gasteiger charge is 2.16. The fraction of sp³-hybridized carbons (Fsp3) is 0.267. The Morgan fingerprint density at radius 1 is 1.41 bits per heavy atom. The molecule has 0 spiro atoms. The molecule has 0 aliphatic heterocycles. The summed E-state index contributed by atoms with van der Waals surface area (Å²) in [6, 6.07) is 8.82. The monoisotopic (exact) mass is 381 g/mol. The minimum absolute atomic E-state index is 0.142. The van der Waals surface area contributed by atoms with Crippen molar-refractivity contribution in [1.82, 2.24) is 9.97 Å². The lowest BCUT2D eigenvalue weighted by molar-refractivity contribution is -0.115. The Bertz CT molecular complexity index is 715. The Balaban J connectivity index is 2.03. The van der Waals surface area contributed by atoms with Gasteiger partial charge in [0, 0.05) is 21.9 Å². The Morgan fingerprint density at radius 2 is 2.09 bits per heavy atom. The van der Waals surface area contributed by atoms with E-state index in [4.69, 9.17) is 0 Å². The molecule has 2 aromatic rings. The molecular weight excluding hydrogens is 366 g/mol. The molecule has 1 aromatic carbocycles. The Kier molecular flexibility index (Phi) is 5.79. The average Bonchev–Trinajstić information content (AvgIpc) is 2.48. The van der Waals surface area contributed by atoms with Crippen LogP contribution in [0.3, 0.4) is 0 Å². The second kappa shape index (κ2) is 7.60. The molecule has 1 amide bonds. The highest BCUT2D eigenvalue weighted by atomic mass is 79.9. The number of aromatic amines is 1. The van der Waals surface area contributed by atoms with Gasteiger partial charge >= 0.3 is 0 Å². The number of nitrogens with zero attached hydrogens (tertiary/aromatic N) is 1. The first-order valence-electron chi connectivity index (χ1n) is 6.81. The van der Waals surface area contributed by atoms with E-state index >= 15 is 0 Å². The molecule has 1 aromatic heterocycles. The third-order valence-corrected chi connectivity index (χ3v) is 4.42. The molecule has 0 aliphatic carbocycles. The molecule has 0 bridgehead atoms. The molecule has 1 unspecified atom stereocenters. The van der Waals surface area contributed by atoms with Crippen LogP contribution in [-0.2, 0) is 11.2 Å². The summed E-state index contributed by atoms with van der Waals surface area (Å²) in [5.41, 5.74) is 1.24. The van der Waals surface area contributed by atoms with Crippen molar-refractivity contribution in [3.63, 3.8) is 0 Å². The van der Waals surface area contributed by atoms with Gasteiger partial charge in [-0.15, -0.1) is 0 Å². The largest absolute Gasteiger partial charge is 0.325 e. The predicted octanol–water partition coefficient (Wildman–Crippen LogP) is 3.21. The van der Waals surface area contributed by atoms with Crippen molar-refractivity contribution in [3.8, 4) is 0 Å². The van der Waals surface area contributed by atoms with E-state index in [-0.39, 0.29) is 16.7 Å². The Labute approximate surface area is 141 Å². The van der Waals surface area contributed by atoms with E-state index in [1.165, 1.54) is 17.8 Å². The van der Waals surface area contributed by atoms with Crippen LogP contribution in [0.5, 0.6) is 0 Å². The van der Waals surface area contributed by atoms with E-state index in [0.29, 0.717) is 17.3 Å². The number of benzene rings is 1. The molecule has 0 aliphatic rings. The highest BCUT2D eigenvalue weighted by Crippen LogP contribution is 2.21. The van der Waals surface area contributed by atoms with Gasteiger partial charge in [0.05, 0.1) is 5.25 Å². The van der Waals surface area contributed by atoms with Crippen LogP contribution in [0, 0.1) is 0 Å². The number of aryl methyl sites for hydroxylation is 1. The van der Waals surface area contributed by atoms with E-state index in [0.717, 1.165) is 10.2 Å². The van der Waals surface area contributed by atoms with Crippen molar-refractivity contribution in [1.29, 1.82) is 0 Å². The smallest absolute Gasteiger partial charge is 0.251 e. The average molecular weight is 382 g/mol. The molecule has 2 N–H and O–H groups in total. The SMILES string of the molecule is CCc1cc(=O)[nH]c(SC(C)C(=O)Nc2ccc(Br)cc2)n1. The lowest BCUT2D eigenvalue weighted by Crippen LogP contribution is -2.23. The molecule has 0 fully saturated rings. The number of carbonyl (C=O) groups is 1. The number of nitrogens with one attached hydrogen (secondary N) is 2. The first-order chi connectivity index (χ1) is 10.5. The van der Waals surface area contributed by atoms with Gasteiger partial charge in [0.25, 0.3) is 5.56 Å². The Morgan fingerprint density at radius 3 is 2.73 bits per heavy atom. The van der Waals surface area contributed by atoms with Gasteiger partial charge in [-0.1, -0.05) is 34.6 Å². The normalized spacial score (nSPS) is 12.0. The lowest BCUT2D eigenvalue weighted by atomic mass is 10.3. The van der Waals surface area contributed by atoms with Crippen molar-refractivity contribution in [2.45, 2.75) is 30.7 Å². The molecular formula is C15H16BrN3O2S. The van der Waals surface area contributed by atoms with E-state index in [2.05, 4.69) is 31.2 Å². The van der Waals surface area contributed by atoms with Crippen LogP contribution in [-0.4, -0.2) is 21.1 Å². The molecule has 5 nitrogen and oxygen atoms in total. The van der Waals surface area contributed by atoms with Gasteiger partial charge < -0.3 is 10.3 Å². The zero-order valence-electron chi connectivity index (χ0n) is 12.2. The molecule has 1 atom stereocenters. The quantitative estimate of drug-likeness (QED) is 0.615. The number of hydrogen-bond donors (Lipinski definition) is 2. The molecule has 0 saturated heterocycles. The number of halogens is 1. The number of aromatic nitrogens is 2. The first kappa shape index (κ1) is 16.8. The van der Waals surface area contributed by atoms with Crippen LogP contribution in [0.2, 0.25) is 0 Å². The minimum Gasteiger partial charge on any atom is -0.325 e. The summed E-state index contributed by atoms with van der Waals surface area (Å²) in [4.78, 5) is 30.7. The van der Waals surface area contributed by atoms with Crippen molar-refractivity contribution in [2.24, 2.45) is 0 Å². The van der Waals surface area contributed by atoms with Crippen LogP contribution in [0.4, 0.5) is 5.69 Å². The van der Waals surface area contributed by atoms with Crippen molar-refractivity contribution in [2.75, 3.05) is 5.32 Å². The summed E-state index contributed by atoms with van der Waals surface area (Å²) in [6.45, 7) is 3.71. The fourth-order valence-electron chi connectivity index (χ4n) is 1.72. The number of rotatable bonds is 5. The second-order valence-corrected chi connectivity index (χ2v) is 6.90. The molecule has 7 heteroatoms. The maximum Gasteiger partial charge on any atom is 0.251 e. The van der Waals surface area contributed by atoms with Gasteiger partial charge in [-0.3, -0.25) is 9.59 Å². The van der Waals surface area contributed by atoms with Crippen molar-refractivity contribution < 1.29 is 4.79 Å². The zero-order valence-corrected chi connectivity index (χ0v) is 14.6. The van der Waals surface area contributed by atoms with Crippen LogP contribution >= 0.6 is 27.7 Å². The number of hydrogen-bond acceptors (Lipinski definition) is 4. The third kappa shape index (κ3) is 4.71. The number of H-pyrrole nitrogens is 1. The minimum atomic E-state index is -0.376. The first-order valence-corrected chi connectivity index (χ1v) is 8.48. The number of carbonyl (C=O) groups excluding carboxylic acids is 1. The molecule has 0 radical (unpaired) electrons. The van der Waals surface area contributed by atoms with Crippen molar-refractivity contribution in [3.05, 3.63) is 50.9 Å².